The van der Waals surface area contributed by atoms with Gasteiger partial charge in [-0.3, -0.25) is 0 Å². The Morgan fingerprint density at radius 2 is 1.58 bits per heavy atom. The van der Waals surface area contributed by atoms with Crippen molar-refractivity contribution in [2.45, 2.75) is 51.0 Å². The van der Waals surface area contributed by atoms with E-state index in [-0.39, 0.29) is 6.10 Å². The summed E-state index contributed by atoms with van der Waals surface area (Å²) >= 11 is 0. The molecule has 0 heterocycles. The zero-order valence-corrected chi connectivity index (χ0v) is 7.84. The SMILES string of the molecule is NC[C@@H](O)C1CCCCCCC1. The van der Waals surface area contributed by atoms with Crippen LogP contribution in [0.3, 0.4) is 0 Å². The van der Waals surface area contributed by atoms with Gasteiger partial charge in [0, 0.05) is 6.54 Å². The molecule has 1 aliphatic carbocycles. The molecule has 72 valence electrons. The highest BCUT2D eigenvalue weighted by atomic mass is 16.3. The van der Waals surface area contributed by atoms with Crippen LogP contribution in [0.5, 0.6) is 0 Å². The maximum atomic E-state index is 9.57. The molecule has 1 atom stereocenters. The molecule has 3 N–H and O–H groups in total. The highest BCUT2D eigenvalue weighted by molar-refractivity contribution is 4.71. The molecule has 12 heavy (non-hydrogen) atoms. The van der Waals surface area contributed by atoms with E-state index in [0.717, 1.165) is 0 Å². The molecule has 0 spiro atoms. The number of rotatable bonds is 2. The van der Waals surface area contributed by atoms with Crippen LogP contribution in [0.25, 0.3) is 0 Å². The lowest BCUT2D eigenvalue weighted by atomic mass is 9.87. The Hall–Kier alpha value is -0.0800. The van der Waals surface area contributed by atoms with E-state index in [4.69, 9.17) is 5.73 Å². The highest BCUT2D eigenvalue weighted by Crippen LogP contribution is 2.24. The average Bonchev–Trinajstić information content (AvgIpc) is 2.02. The molecule has 0 unspecified atom stereocenters. The van der Waals surface area contributed by atoms with Gasteiger partial charge < -0.3 is 10.8 Å². The Morgan fingerprint density at radius 1 is 1.08 bits per heavy atom. The molecule has 0 aliphatic heterocycles. The molecule has 1 aliphatic rings. The first kappa shape index (κ1) is 10.0. The van der Waals surface area contributed by atoms with Crippen LogP contribution in [0.2, 0.25) is 0 Å². The van der Waals surface area contributed by atoms with Crippen molar-refractivity contribution in [2.24, 2.45) is 11.7 Å². The van der Waals surface area contributed by atoms with Gasteiger partial charge in [-0.15, -0.1) is 0 Å². The summed E-state index contributed by atoms with van der Waals surface area (Å²) in [4.78, 5) is 0. The molecular formula is C10H21NO. The minimum absolute atomic E-state index is 0.247. The van der Waals surface area contributed by atoms with E-state index < -0.39 is 0 Å². The second kappa shape index (κ2) is 5.55. The summed E-state index contributed by atoms with van der Waals surface area (Å²) < 4.78 is 0. The van der Waals surface area contributed by atoms with Crippen LogP contribution in [-0.2, 0) is 0 Å². The van der Waals surface area contributed by atoms with Gasteiger partial charge in [0.1, 0.15) is 0 Å². The summed E-state index contributed by atoms with van der Waals surface area (Å²) in [5, 5.41) is 9.57. The summed E-state index contributed by atoms with van der Waals surface area (Å²) in [6, 6.07) is 0. The van der Waals surface area contributed by atoms with Crippen molar-refractivity contribution in [1.29, 1.82) is 0 Å². The predicted molar refractivity (Wildman–Crippen MR) is 50.9 cm³/mol. The maximum Gasteiger partial charge on any atom is 0.0690 e. The fourth-order valence-corrected chi connectivity index (χ4v) is 2.06. The van der Waals surface area contributed by atoms with Crippen LogP contribution in [0.4, 0.5) is 0 Å². The van der Waals surface area contributed by atoms with Crippen LogP contribution in [0, 0.1) is 5.92 Å². The maximum absolute atomic E-state index is 9.57. The van der Waals surface area contributed by atoms with E-state index in [1.165, 1.54) is 44.9 Å². The van der Waals surface area contributed by atoms with E-state index in [1.54, 1.807) is 0 Å². The van der Waals surface area contributed by atoms with E-state index in [2.05, 4.69) is 0 Å². The highest BCUT2D eigenvalue weighted by Gasteiger charge is 2.18. The molecule has 0 aromatic rings. The zero-order valence-electron chi connectivity index (χ0n) is 7.84. The third-order valence-corrected chi connectivity index (χ3v) is 2.94. The summed E-state index contributed by atoms with van der Waals surface area (Å²) in [5.74, 6) is 0.482. The molecule has 0 radical (unpaired) electrons. The first-order chi connectivity index (χ1) is 5.84. The smallest absolute Gasteiger partial charge is 0.0690 e. The predicted octanol–water partition coefficient (Wildman–Crippen LogP) is 1.67. The van der Waals surface area contributed by atoms with Gasteiger partial charge in [0.05, 0.1) is 6.10 Å². The van der Waals surface area contributed by atoms with Gasteiger partial charge >= 0.3 is 0 Å². The van der Waals surface area contributed by atoms with Crippen molar-refractivity contribution in [2.75, 3.05) is 6.54 Å². The van der Waals surface area contributed by atoms with Crippen LogP contribution in [-0.4, -0.2) is 17.8 Å². The van der Waals surface area contributed by atoms with Gasteiger partial charge in [0.25, 0.3) is 0 Å². The van der Waals surface area contributed by atoms with Crippen molar-refractivity contribution in [1.82, 2.24) is 0 Å². The number of nitrogens with two attached hydrogens (primary N) is 1. The molecule has 1 fully saturated rings. The standard InChI is InChI=1S/C10H21NO/c11-8-10(12)9-6-4-2-1-3-5-7-9/h9-10,12H,1-8,11H2/t10-/m1/s1. The molecule has 0 aromatic carbocycles. The summed E-state index contributed by atoms with van der Waals surface area (Å²) in [7, 11) is 0. The van der Waals surface area contributed by atoms with Crippen molar-refractivity contribution in [3.63, 3.8) is 0 Å². The summed E-state index contributed by atoms with van der Waals surface area (Å²) in [5.41, 5.74) is 5.44. The van der Waals surface area contributed by atoms with Gasteiger partial charge in [0.2, 0.25) is 0 Å². The van der Waals surface area contributed by atoms with E-state index >= 15 is 0 Å². The monoisotopic (exact) mass is 171 g/mol. The molecule has 0 saturated heterocycles. The van der Waals surface area contributed by atoms with E-state index in [9.17, 15) is 5.11 Å². The number of aliphatic hydroxyl groups is 1. The largest absolute Gasteiger partial charge is 0.392 e. The van der Waals surface area contributed by atoms with Gasteiger partial charge in [-0.2, -0.15) is 0 Å². The summed E-state index contributed by atoms with van der Waals surface area (Å²) in [6.45, 7) is 0.435. The fraction of sp³-hybridized carbons (Fsp3) is 1.00. The normalized spacial score (nSPS) is 24.5. The Bertz CT molecular complexity index is 108. The zero-order chi connectivity index (χ0) is 8.81. The Morgan fingerprint density at radius 3 is 2.08 bits per heavy atom. The Balaban J connectivity index is 2.29. The average molecular weight is 171 g/mol. The van der Waals surface area contributed by atoms with Crippen LogP contribution >= 0.6 is 0 Å². The first-order valence-electron chi connectivity index (χ1n) is 5.22. The van der Waals surface area contributed by atoms with Gasteiger partial charge in [-0.1, -0.05) is 32.1 Å². The lowest BCUT2D eigenvalue weighted by molar-refractivity contribution is 0.0984. The minimum Gasteiger partial charge on any atom is -0.392 e. The van der Waals surface area contributed by atoms with E-state index in [0.29, 0.717) is 12.5 Å². The number of hydrogen-bond donors (Lipinski definition) is 2. The minimum atomic E-state index is -0.247. The van der Waals surface area contributed by atoms with Crippen LogP contribution in [0.1, 0.15) is 44.9 Å². The molecule has 0 aromatic heterocycles. The molecule has 1 saturated carbocycles. The second-order valence-corrected chi connectivity index (χ2v) is 3.91. The topological polar surface area (TPSA) is 46.2 Å². The molecular weight excluding hydrogens is 150 g/mol. The lowest BCUT2D eigenvalue weighted by Crippen LogP contribution is -2.29. The molecule has 0 amide bonds. The fourth-order valence-electron chi connectivity index (χ4n) is 2.06. The van der Waals surface area contributed by atoms with Crippen molar-refractivity contribution in [3.8, 4) is 0 Å². The molecule has 2 heteroatoms. The molecule has 1 rings (SSSR count). The third-order valence-electron chi connectivity index (χ3n) is 2.94. The Kier molecular flexibility index (Phi) is 4.62. The third kappa shape index (κ3) is 3.11. The number of hydrogen-bond acceptors (Lipinski definition) is 2. The summed E-state index contributed by atoms with van der Waals surface area (Å²) in [6.07, 6.45) is 8.73. The lowest BCUT2D eigenvalue weighted by Gasteiger charge is -2.23. The van der Waals surface area contributed by atoms with Crippen molar-refractivity contribution in [3.05, 3.63) is 0 Å². The quantitative estimate of drug-likeness (QED) is 0.664. The van der Waals surface area contributed by atoms with Crippen LogP contribution < -0.4 is 5.73 Å². The van der Waals surface area contributed by atoms with Gasteiger partial charge in [0.15, 0.2) is 0 Å². The van der Waals surface area contributed by atoms with E-state index in [1.807, 2.05) is 0 Å². The molecule has 0 bridgehead atoms. The first-order valence-corrected chi connectivity index (χ1v) is 5.22. The van der Waals surface area contributed by atoms with Crippen molar-refractivity contribution >= 4 is 0 Å². The van der Waals surface area contributed by atoms with Crippen LogP contribution in [0.15, 0.2) is 0 Å². The Labute approximate surface area is 75.2 Å². The molecule has 2 nitrogen and oxygen atoms in total. The van der Waals surface area contributed by atoms with Gasteiger partial charge in [-0.25, -0.2) is 0 Å². The van der Waals surface area contributed by atoms with Gasteiger partial charge in [-0.05, 0) is 18.8 Å². The van der Waals surface area contributed by atoms with Crippen molar-refractivity contribution < 1.29 is 5.11 Å². The number of aliphatic hydroxyl groups excluding tert-OH is 1. The second-order valence-electron chi connectivity index (χ2n) is 3.91.